The molecule has 0 aromatic heterocycles. The van der Waals surface area contributed by atoms with Crippen LogP contribution in [0.4, 0.5) is 0 Å². The summed E-state index contributed by atoms with van der Waals surface area (Å²) in [5.41, 5.74) is 2.18. The molecule has 4 heteroatoms. The number of aliphatic carboxylic acids is 1. The normalized spacial score (nSPS) is 17.5. The van der Waals surface area contributed by atoms with Gasteiger partial charge in [0.2, 0.25) is 0 Å². The molecule has 1 aliphatic rings. The highest BCUT2D eigenvalue weighted by Gasteiger charge is 2.27. The molecule has 0 radical (unpaired) electrons. The largest absolute Gasteiger partial charge is 0.481 e. The Bertz CT molecular complexity index is 427. The molecule has 0 bridgehead atoms. The molecule has 1 N–H and O–H groups in total. The fourth-order valence-corrected chi connectivity index (χ4v) is 2.80. The number of hydrogen-bond acceptors (Lipinski definition) is 3. The highest BCUT2D eigenvalue weighted by Crippen LogP contribution is 2.30. The third-order valence-corrected chi connectivity index (χ3v) is 3.66. The number of ether oxygens (including phenoxy) is 1. The number of nitrogens with zero attached hydrogens (tertiary/aromatic N) is 1. The van der Waals surface area contributed by atoms with E-state index in [9.17, 15) is 4.79 Å². The van der Waals surface area contributed by atoms with Crippen molar-refractivity contribution < 1.29 is 14.6 Å². The molecule has 2 rings (SSSR count). The Balaban J connectivity index is 2.28. The number of benzene rings is 1. The van der Waals surface area contributed by atoms with Gasteiger partial charge in [-0.05, 0) is 37.1 Å². The molecule has 0 spiro atoms. The molecular formula is C15H21NO3. The summed E-state index contributed by atoms with van der Waals surface area (Å²) in [5, 5.41) is 9.17. The third-order valence-electron chi connectivity index (χ3n) is 3.66. The van der Waals surface area contributed by atoms with Crippen LogP contribution in [0.2, 0.25) is 0 Å². The molecule has 1 unspecified atom stereocenters. The fraction of sp³-hybridized carbons (Fsp3) is 0.533. The van der Waals surface area contributed by atoms with Gasteiger partial charge in [-0.25, -0.2) is 0 Å². The van der Waals surface area contributed by atoms with Gasteiger partial charge in [0.05, 0.1) is 13.0 Å². The van der Waals surface area contributed by atoms with Crippen LogP contribution in [0.5, 0.6) is 0 Å². The van der Waals surface area contributed by atoms with Gasteiger partial charge in [-0.1, -0.05) is 24.3 Å². The lowest BCUT2D eigenvalue weighted by Crippen LogP contribution is -2.28. The molecule has 1 aliphatic heterocycles. The molecule has 1 fully saturated rings. The van der Waals surface area contributed by atoms with Crippen LogP contribution in [0.1, 0.15) is 36.4 Å². The smallest absolute Gasteiger partial charge is 0.305 e. The number of methoxy groups -OCH3 is 1. The van der Waals surface area contributed by atoms with E-state index in [1.165, 1.54) is 0 Å². The maximum atomic E-state index is 11.2. The van der Waals surface area contributed by atoms with Gasteiger partial charge in [0.15, 0.2) is 0 Å². The van der Waals surface area contributed by atoms with E-state index >= 15 is 0 Å². The van der Waals surface area contributed by atoms with E-state index in [-0.39, 0.29) is 12.5 Å². The Morgan fingerprint density at radius 3 is 2.68 bits per heavy atom. The van der Waals surface area contributed by atoms with E-state index in [4.69, 9.17) is 9.84 Å². The predicted octanol–water partition coefficient (Wildman–Crippen LogP) is 2.44. The predicted molar refractivity (Wildman–Crippen MR) is 73.0 cm³/mol. The zero-order valence-electron chi connectivity index (χ0n) is 11.3. The second-order valence-corrected chi connectivity index (χ2v) is 4.99. The zero-order valence-corrected chi connectivity index (χ0v) is 11.3. The Hall–Kier alpha value is -1.39. The SMILES string of the molecule is COCc1ccccc1C(CC(=O)O)N1CCCC1. The van der Waals surface area contributed by atoms with Gasteiger partial charge in [-0.15, -0.1) is 0 Å². The first-order valence-electron chi connectivity index (χ1n) is 6.75. The van der Waals surface area contributed by atoms with Crippen LogP contribution in [0, 0.1) is 0 Å². The van der Waals surface area contributed by atoms with Crippen LogP contribution in [0.25, 0.3) is 0 Å². The molecule has 1 heterocycles. The topological polar surface area (TPSA) is 49.8 Å². The molecular weight excluding hydrogens is 242 g/mol. The molecule has 1 aromatic carbocycles. The fourth-order valence-electron chi connectivity index (χ4n) is 2.80. The minimum Gasteiger partial charge on any atom is -0.481 e. The standard InChI is InChI=1S/C15H21NO3/c1-19-11-12-6-2-3-7-13(12)14(10-15(17)18)16-8-4-5-9-16/h2-3,6-7,14H,4-5,8-11H2,1H3,(H,17,18). The number of likely N-dealkylation sites (tertiary alicyclic amines) is 1. The average molecular weight is 263 g/mol. The molecule has 0 saturated carbocycles. The van der Waals surface area contributed by atoms with Gasteiger partial charge in [0.1, 0.15) is 0 Å². The Morgan fingerprint density at radius 1 is 1.37 bits per heavy atom. The Morgan fingerprint density at radius 2 is 2.05 bits per heavy atom. The quantitative estimate of drug-likeness (QED) is 0.856. The molecule has 0 amide bonds. The minimum atomic E-state index is -0.746. The lowest BCUT2D eigenvalue weighted by Gasteiger charge is -2.28. The lowest BCUT2D eigenvalue weighted by atomic mass is 9.97. The highest BCUT2D eigenvalue weighted by atomic mass is 16.5. The Labute approximate surface area is 114 Å². The maximum absolute atomic E-state index is 11.2. The number of hydrogen-bond donors (Lipinski definition) is 1. The average Bonchev–Trinajstić information content (AvgIpc) is 2.91. The van der Waals surface area contributed by atoms with Crippen LogP contribution in [0.3, 0.4) is 0 Å². The number of carboxylic acids is 1. The molecule has 4 nitrogen and oxygen atoms in total. The van der Waals surface area contributed by atoms with Crippen molar-refractivity contribution in [2.75, 3.05) is 20.2 Å². The molecule has 1 aromatic rings. The van der Waals surface area contributed by atoms with E-state index in [0.29, 0.717) is 6.61 Å². The molecule has 104 valence electrons. The summed E-state index contributed by atoms with van der Waals surface area (Å²) >= 11 is 0. The maximum Gasteiger partial charge on any atom is 0.305 e. The highest BCUT2D eigenvalue weighted by molar-refractivity contribution is 5.68. The number of rotatable bonds is 6. The zero-order chi connectivity index (χ0) is 13.7. The number of carbonyl (C=O) groups is 1. The summed E-state index contributed by atoms with van der Waals surface area (Å²) in [6.07, 6.45) is 2.46. The first-order chi connectivity index (χ1) is 9.22. The second-order valence-electron chi connectivity index (χ2n) is 4.99. The second kappa shape index (κ2) is 6.68. The molecule has 1 saturated heterocycles. The van der Waals surface area contributed by atoms with Crippen molar-refractivity contribution in [1.29, 1.82) is 0 Å². The summed E-state index contributed by atoms with van der Waals surface area (Å²) in [4.78, 5) is 13.4. The van der Waals surface area contributed by atoms with Gasteiger partial charge < -0.3 is 9.84 Å². The van der Waals surface area contributed by atoms with Crippen molar-refractivity contribution in [2.45, 2.75) is 31.9 Å². The van der Waals surface area contributed by atoms with Gasteiger partial charge in [0.25, 0.3) is 0 Å². The van der Waals surface area contributed by atoms with E-state index in [0.717, 1.165) is 37.1 Å². The monoisotopic (exact) mass is 263 g/mol. The Kier molecular flexibility index (Phi) is 4.93. The summed E-state index contributed by atoms with van der Waals surface area (Å²) < 4.78 is 5.22. The van der Waals surface area contributed by atoms with Crippen LogP contribution in [-0.4, -0.2) is 36.2 Å². The van der Waals surface area contributed by atoms with Crippen LogP contribution >= 0.6 is 0 Å². The van der Waals surface area contributed by atoms with Crippen LogP contribution in [0.15, 0.2) is 24.3 Å². The van der Waals surface area contributed by atoms with Gasteiger partial charge >= 0.3 is 5.97 Å². The van der Waals surface area contributed by atoms with E-state index in [2.05, 4.69) is 4.90 Å². The third kappa shape index (κ3) is 3.55. The minimum absolute atomic E-state index is 0.0358. The first-order valence-corrected chi connectivity index (χ1v) is 6.75. The van der Waals surface area contributed by atoms with Crippen molar-refractivity contribution in [2.24, 2.45) is 0 Å². The van der Waals surface area contributed by atoms with Gasteiger partial charge in [0, 0.05) is 13.2 Å². The summed E-state index contributed by atoms with van der Waals surface area (Å²) in [7, 11) is 1.67. The van der Waals surface area contributed by atoms with Crippen molar-refractivity contribution in [3.63, 3.8) is 0 Å². The van der Waals surface area contributed by atoms with Gasteiger partial charge in [-0.3, -0.25) is 9.69 Å². The molecule has 1 atom stereocenters. The first kappa shape index (κ1) is 14.0. The van der Waals surface area contributed by atoms with Crippen molar-refractivity contribution >= 4 is 5.97 Å². The molecule has 0 aliphatic carbocycles. The lowest BCUT2D eigenvalue weighted by molar-refractivity contribution is -0.138. The van der Waals surface area contributed by atoms with Crippen molar-refractivity contribution in [3.8, 4) is 0 Å². The summed E-state index contributed by atoms with van der Waals surface area (Å²) in [6, 6.07) is 7.95. The van der Waals surface area contributed by atoms with Crippen molar-refractivity contribution in [1.82, 2.24) is 4.90 Å². The van der Waals surface area contributed by atoms with Crippen molar-refractivity contribution in [3.05, 3.63) is 35.4 Å². The molecule has 19 heavy (non-hydrogen) atoms. The van der Waals surface area contributed by atoms with Gasteiger partial charge in [-0.2, -0.15) is 0 Å². The van der Waals surface area contributed by atoms with Crippen LogP contribution in [-0.2, 0) is 16.1 Å². The summed E-state index contributed by atoms with van der Waals surface area (Å²) in [5.74, 6) is -0.746. The van der Waals surface area contributed by atoms with E-state index in [1.807, 2.05) is 24.3 Å². The summed E-state index contributed by atoms with van der Waals surface area (Å²) in [6.45, 7) is 2.50. The number of carboxylic acid groups (broad SMARTS) is 1. The van der Waals surface area contributed by atoms with E-state index in [1.54, 1.807) is 7.11 Å². The van der Waals surface area contributed by atoms with Crippen LogP contribution < -0.4 is 0 Å². The van der Waals surface area contributed by atoms with E-state index < -0.39 is 5.97 Å².